The highest BCUT2D eigenvalue weighted by molar-refractivity contribution is 4.83. The van der Waals surface area contributed by atoms with E-state index in [9.17, 15) is 0 Å². The molecule has 2 saturated heterocycles. The Labute approximate surface area is 125 Å². The summed E-state index contributed by atoms with van der Waals surface area (Å²) in [6.07, 6.45) is 4.68. The molecular formula is C17H34N2O. The maximum atomic E-state index is 6.22. The minimum atomic E-state index is 0.194. The van der Waals surface area contributed by atoms with E-state index in [1.165, 1.54) is 32.4 Å². The second-order valence-electron chi connectivity index (χ2n) is 8.09. The molecule has 118 valence electrons. The number of nitrogens with one attached hydrogen (secondary N) is 1. The second kappa shape index (κ2) is 6.76. The fraction of sp³-hybridized carbons (Fsp3) is 1.00. The van der Waals surface area contributed by atoms with Gasteiger partial charge in [-0.1, -0.05) is 13.8 Å². The van der Waals surface area contributed by atoms with Crippen LogP contribution < -0.4 is 5.32 Å². The number of rotatable bonds is 4. The van der Waals surface area contributed by atoms with Gasteiger partial charge in [0.25, 0.3) is 0 Å². The van der Waals surface area contributed by atoms with Crippen LogP contribution in [0.4, 0.5) is 0 Å². The first-order chi connectivity index (χ1) is 9.33. The molecule has 4 unspecified atom stereocenters. The Hall–Kier alpha value is -0.120. The Balaban J connectivity index is 1.68. The van der Waals surface area contributed by atoms with Crippen molar-refractivity contribution in [1.29, 1.82) is 0 Å². The van der Waals surface area contributed by atoms with Gasteiger partial charge in [0, 0.05) is 25.2 Å². The van der Waals surface area contributed by atoms with Crippen LogP contribution in [-0.2, 0) is 4.74 Å². The molecule has 2 aliphatic heterocycles. The van der Waals surface area contributed by atoms with E-state index in [1.54, 1.807) is 0 Å². The van der Waals surface area contributed by atoms with Crippen molar-refractivity contribution in [2.45, 2.75) is 71.6 Å². The molecule has 1 N–H and O–H groups in total. The lowest BCUT2D eigenvalue weighted by Gasteiger charge is -2.36. The molecule has 0 aliphatic carbocycles. The lowest BCUT2D eigenvalue weighted by atomic mass is 9.88. The largest absolute Gasteiger partial charge is 0.372 e. The zero-order valence-corrected chi connectivity index (χ0v) is 14.1. The zero-order valence-electron chi connectivity index (χ0n) is 14.1. The molecule has 0 spiro atoms. The van der Waals surface area contributed by atoms with Crippen LogP contribution >= 0.6 is 0 Å². The molecule has 0 amide bonds. The van der Waals surface area contributed by atoms with Gasteiger partial charge >= 0.3 is 0 Å². The lowest BCUT2D eigenvalue weighted by molar-refractivity contribution is 0.00884. The van der Waals surface area contributed by atoms with Gasteiger partial charge in [0.1, 0.15) is 0 Å². The number of nitrogens with zero attached hydrogens (tertiary/aromatic N) is 1. The number of hydrogen-bond donors (Lipinski definition) is 1. The highest BCUT2D eigenvalue weighted by atomic mass is 16.5. The molecule has 20 heavy (non-hydrogen) atoms. The van der Waals surface area contributed by atoms with Crippen molar-refractivity contribution >= 4 is 0 Å². The first kappa shape index (κ1) is 16.3. The van der Waals surface area contributed by atoms with Gasteiger partial charge in [0.05, 0.1) is 12.2 Å². The van der Waals surface area contributed by atoms with Crippen molar-refractivity contribution in [3.05, 3.63) is 0 Å². The van der Waals surface area contributed by atoms with Crippen molar-refractivity contribution in [3.63, 3.8) is 0 Å². The Kier molecular flexibility index (Phi) is 5.49. The van der Waals surface area contributed by atoms with Crippen LogP contribution in [0.25, 0.3) is 0 Å². The van der Waals surface area contributed by atoms with Gasteiger partial charge in [-0.2, -0.15) is 0 Å². The van der Waals surface area contributed by atoms with E-state index < -0.39 is 0 Å². The molecule has 0 bridgehead atoms. The maximum Gasteiger partial charge on any atom is 0.0707 e. The first-order valence-electron chi connectivity index (χ1n) is 8.46. The van der Waals surface area contributed by atoms with Gasteiger partial charge < -0.3 is 15.0 Å². The van der Waals surface area contributed by atoms with Crippen molar-refractivity contribution in [3.8, 4) is 0 Å². The van der Waals surface area contributed by atoms with Gasteiger partial charge in [-0.15, -0.1) is 0 Å². The van der Waals surface area contributed by atoms with E-state index in [-0.39, 0.29) is 5.54 Å². The smallest absolute Gasteiger partial charge is 0.0707 e. The summed E-state index contributed by atoms with van der Waals surface area (Å²) in [6, 6.07) is 0. The lowest BCUT2D eigenvalue weighted by Crippen LogP contribution is -2.43. The Morgan fingerprint density at radius 3 is 2.40 bits per heavy atom. The summed E-state index contributed by atoms with van der Waals surface area (Å²) >= 11 is 0. The van der Waals surface area contributed by atoms with E-state index in [0.29, 0.717) is 12.2 Å². The molecular weight excluding hydrogens is 248 g/mol. The average Bonchev–Trinajstić information content (AvgIpc) is 2.78. The quantitative estimate of drug-likeness (QED) is 0.858. The van der Waals surface area contributed by atoms with Gasteiger partial charge in [0.15, 0.2) is 0 Å². The molecule has 0 aromatic carbocycles. The fourth-order valence-electron chi connectivity index (χ4n) is 3.29. The number of hydrogen-bond acceptors (Lipinski definition) is 3. The molecule has 3 heteroatoms. The zero-order chi connectivity index (χ0) is 14.8. The molecule has 0 radical (unpaired) electrons. The van der Waals surface area contributed by atoms with E-state index >= 15 is 0 Å². The van der Waals surface area contributed by atoms with Crippen LogP contribution in [0.1, 0.15) is 53.9 Å². The second-order valence-corrected chi connectivity index (χ2v) is 8.09. The molecule has 2 fully saturated rings. The van der Waals surface area contributed by atoms with Crippen molar-refractivity contribution < 1.29 is 4.74 Å². The van der Waals surface area contributed by atoms with Crippen molar-refractivity contribution in [1.82, 2.24) is 10.2 Å². The molecule has 2 rings (SSSR count). The van der Waals surface area contributed by atoms with Crippen molar-refractivity contribution in [2.75, 3.05) is 26.2 Å². The molecule has 0 aromatic heterocycles. The third kappa shape index (κ3) is 5.01. The monoisotopic (exact) mass is 282 g/mol. The summed E-state index contributed by atoms with van der Waals surface area (Å²) < 4.78 is 6.22. The standard InChI is InChI=1S/C17H34N2O/c1-13-8-9-19(11-14(13)2)12-16-7-6-15(20-16)10-18-17(3,4)5/h13-16,18H,6-12H2,1-5H3. The number of likely N-dealkylation sites (tertiary alicyclic amines) is 1. The van der Waals surface area contributed by atoms with Crippen LogP contribution in [0.15, 0.2) is 0 Å². The Morgan fingerprint density at radius 2 is 1.75 bits per heavy atom. The normalized spacial score (nSPS) is 36.5. The predicted molar refractivity (Wildman–Crippen MR) is 85.0 cm³/mol. The molecule has 2 heterocycles. The summed E-state index contributed by atoms with van der Waals surface area (Å²) in [5, 5.41) is 3.56. The van der Waals surface area contributed by atoms with E-state index in [4.69, 9.17) is 4.74 Å². The molecule has 0 aromatic rings. The van der Waals surface area contributed by atoms with Crippen LogP contribution in [0.2, 0.25) is 0 Å². The minimum Gasteiger partial charge on any atom is -0.372 e. The summed E-state index contributed by atoms with van der Waals surface area (Å²) in [7, 11) is 0. The van der Waals surface area contributed by atoms with E-state index in [1.807, 2.05) is 0 Å². The van der Waals surface area contributed by atoms with Crippen molar-refractivity contribution in [2.24, 2.45) is 11.8 Å². The van der Waals surface area contributed by atoms with Crippen LogP contribution in [-0.4, -0.2) is 48.8 Å². The SMILES string of the molecule is CC1CCN(CC2CCC(CNC(C)(C)C)O2)CC1C. The van der Waals surface area contributed by atoms with E-state index in [2.05, 4.69) is 44.8 Å². The van der Waals surface area contributed by atoms with Crippen LogP contribution in [0.3, 0.4) is 0 Å². The Bertz CT molecular complexity index is 300. The maximum absolute atomic E-state index is 6.22. The summed E-state index contributed by atoms with van der Waals surface area (Å²) in [5.41, 5.74) is 0.194. The topological polar surface area (TPSA) is 24.5 Å². The molecule has 4 atom stereocenters. The van der Waals surface area contributed by atoms with Gasteiger partial charge in [-0.05, 0) is 58.4 Å². The summed E-state index contributed by atoms with van der Waals surface area (Å²) in [5.74, 6) is 1.72. The highest BCUT2D eigenvalue weighted by Crippen LogP contribution is 2.25. The minimum absolute atomic E-state index is 0.194. The summed E-state index contributed by atoms with van der Waals surface area (Å²) in [4.78, 5) is 2.62. The van der Waals surface area contributed by atoms with Gasteiger partial charge in [-0.25, -0.2) is 0 Å². The molecule has 3 nitrogen and oxygen atoms in total. The number of piperidine rings is 1. The predicted octanol–water partition coefficient (Wildman–Crippen LogP) is 2.90. The first-order valence-corrected chi connectivity index (χ1v) is 8.46. The Morgan fingerprint density at radius 1 is 1.05 bits per heavy atom. The average molecular weight is 282 g/mol. The van der Waals surface area contributed by atoms with Crippen LogP contribution in [0.5, 0.6) is 0 Å². The fourth-order valence-corrected chi connectivity index (χ4v) is 3.29. The van der Waals surface area contributed by atoms with Crippen LogP contribution in [0, 0.1) is 11.8 Å². The number of ether oxygens (including phenoxy) is 1. The molecule has 2 aliphatic rings. The van der Waals surface area contributed by atoms with E-state index in [0.717, 1.165) is 24.9 Å². The highest BCUT2D eigenvalue weighted by Gasteiger charge is 2.30. The van der Waals surface area contributed by atoms with Gasteiger partial charge in [-0.3, -0.25) is 0 Å². The third-order valence-electron chi connectivity index (χ3n) is 4.94. The van der Waals surface area contributed by atoms with Gasteiger partial charge in [0.2, 0.25) is 0 Å². The molecule has 0 saturated carbocycles. The third-order valence-corrected chi connectivity index (χ3v) is 4.94. The summed E-state index contributed by atoms with van der Waals surface area (Å²) in [6.45, 7) is 16.1.